The second kappa shape index (κ2) is 12.0. The summed E-state index contributed by atoms with van der Waals surface area (Å²) in [6.07, 6.45) is 1.40. The molecular weight excluding hydrogens is 454 g/mol. The molecule has 178 valence electrons. The number of esters is 1. The van der Waals surface area contributed by atoms with Crippen molar-refractivity contribution in [3.63, 3.8) is 0 Å². The number of hydrogen-bond donors (Lipinski definition) is 0. The number of nitro benzene ring substituents is 1. The normalized spacial score (nSPS) is 11.6. The van der Waals surface area contributed by atoms with E-state index in [0.717, 1.165) is 23.2 Å². The van der Waals surface area contributed by atoms with Crippen LogP contribution in [-0.2, 0) is 33.6 Å². The van der Waals surface area contributed by atoms with Crippen molar-refractivity contribution in [1.29, 1.82) is 0 Å². The van der Waals surface area contributed by atoms with Gasteiger partial charge >= 0.3 is 5.97 Å². The van der Waals surface area contributed by atoms with Crippen molar-refractivity contribution in [2.45, 2.75) is 33.1 Å². The number of aryl methyl sites for hydroxylation is 1. The van der Waals surface area contributed by atoms with Crippen LogP contribution >= 0.6 is 11.3 Å². The van der Waals surface area contributed by atoms with E-state index in [0.29, 0.717) is 11.6 Å². The standard InChI is InChI=1S/C25H27N3O5S/c1-3-20-17-34-25(26-20)27(15-14-18-10-12-21(13-11-18)28(31)32)23(29)22(24(30)33-4-2)16-19-8-6-5-7-9-19/h5-13,17,22H,3-4,14-16H2,1-2H3/t22-/m0/s1. The molecule has 9 heteroatoms. The maximum Gasteiger partial charge on any atom is 0.318 e. The van der Waals surface area contributed by atoms with E-state index in [1.54, 1.807) is 19.1 Å². The monoisotopic (exact) mass is 481 g/mol. The highest BCUT2D eigenvalue weighted by atomic mass is 32.1. The fourth-order valence-corrected chi connectivity index (χ4v) is 4.40. The van der Waals surface area contributed by atoms with Gasteiger partial charge in [-0.15, -0.1) is 11.3 Å². The molecule has 0 aliphatic carbocycles. The quantitative estimate of drug-likeness (QED) is 0.171. The summed E-state index contributed by atoms with van der Waals surface area (Å²) in [5.74, 6) is -1.95. The second-order valence-electron chi connectivity index (χ2n) is 7.63. The molecule has 0 saturated carbocycles. The van der Waals surface area contributed by atoms with E-state index in [1.807, 2.05) is 42.6 Å². The predicted octanol–water partition coefficient (Wildman–Crippen LogP) is 4.61. The van der Waals surface area contributed by atoms with Crippen molar-refractivity contribution >= 4 is 34.0 Å². The fraction of sp³-hybridized carbons (Fsp3) is 0.320. The van der Waals surface area contributed by atoms with E-state index >= 15 is 0 Å². The number of hydrogen-bond acceptors (Lipinski definition) is 7. The van der Waals surface area contributed by atoms with Crippen LogP contribution in [0.5, 0.6) is 0 Å². The lowest BCUT2D eigenvalue weighted by Crippen LogP contribution is -2.42. The minimum absolute atomic E-state index is 0.00873. The molecule has 3 rings (SSSR count). The average Bonchev–Trinajstić information content (AvgIpc) is 3.32. The van der Waals surface area contributed by atoms with Gasteiger partial charge in [0.1, 0.15) is 5.92 Å². The predicted molar refractivity (Wildman–Crippen MR) is 131 cm³/mol. The van der Waals surface area contributed by atoms with Crippen molar-refractivity contribution in [3.8, 4) is 0 Å². The molecule has 0 N–H and O–H groups in total. The molecular formula is C25H27N3O5S. The summed E-state index contributed by atoms with van der Waals surface area (Å²) in [7, 11) is 0. The largest absolute Gasteiger partial charge is 0.465 e. The molecule has 0 bridgehead atoms. The first kappa shape index (κ1) is 25.0. The van der Waals surface area contributed by atoms with E-state index in [2.05, 4.69) is 4.98 Å². The number of carbonyl (C=O) groups excluding carboxylic acids is 2. The van der Waals surface area contributed by atoms with E-state index in [1.165, 1.54) is 28.4 Å². The molecule has 0 aliphatic heterocycles. The summed E-state index contributed by atoms with van der Waals surface area (Å²) in [5.41, 5.74) is 2.57. The molecule has 1 atom stereocenters. The van der Waals surface area contributed by atoms with Crippen LogP contribution < -0.4 is 4.90 Å². The SMILES string of the molecule is CCOC(=O)[C@@H](Cc1ccccc1)C(=O)N(CCc1ccc([N+](=O)[O-])cc1)c1nc(CC)cs1. The topological polar surface area (TPSA) is 103 Å². The Bertz CT molecular complexity index is 1120. The molecule has 0 aliphatic rings. The van der Waals surface area contributed by atoms with Gasteiger partial charge in [-0.3, -0.25) is 24.6 Å². The van der Waals surface area contributed by atoms with Gasteiger partial charge in [-0.1, -0.05) is 49.4 Å². The average molecular weight is 482 g/mol. The molecule has 0 saturated heterocycles. The molecule has 34 heavy (non-hydrogen) atoms. The molecule has 3 aromatic rings. The molecule has 1 amide bonds. The lowest BCUT2D eigenvalue weighted by atomic mass is 9.97. The smallest absolute Gasteiger partial charge is 0.318 e. The van der Waals surface area contributed by atoms with Crippen LogP contribution in [-0.4, -0.2) is 34.9 Å². The molecule has 1 heterocycles. The first-order valence-corrected chi connectivity index (χ1v) is 12.0. The molecule has 2 aromatic carbocycles. The van der Waals surface area contributed by atoms with E-state index in [4.69, 9.17) is 4.74 Å². The minimum atomic E-state index is -1.01. The molecule has 0 fully saturated rings. The second-order valence-corrected chi connectivity index (χ2v) is 8.47. The van der Waals surface area contributed by atoms with Crippen molar-refractivity contribution in [2.24, 2.45) is 5.92 Å². The van der Waals surface area contributed by atoms with Crippen LogP contribution in [0.25, 0.3) is 0 Å². The van der Waals surface area contributed by atoms with Crippen LogP contribution in [0.1, 0.15) is 30.7 Å². The number of ether oxygens (including phenoxy) is 1. The van der Waals surface area contributed by atoms with Crippen LogP contribution in [0.15, 0.2) is 60.0 Å². The number of aromatic nitrogens is 1. The molecule has 0 spiro atoms. The Balaban J connectivity index is 1.88. The number of anilines is 1. The van der Waals surface area contributed by atoms with E-state index in [9.17, 15) is 19.7 Å². The number of carbonyl (C=O) groups is 2. The Labute approximate surface area is 202 Å². The molecule has 8 nitrogen and oxygen atoms in total. The highest BCUT2D eigenvalue weighted by molar-refractivity contribution is 7.14. The zero-order chi connectivity index (χ0) is 24.5. The Hall–Kier alpha value is -3.59. The first-order chi connectivity index (χ1) is 16.4. The number of rotatable bonds is 11. The Morgan fingerprint density at radius 1 is 1.09 bits per heavy atom. The van der Waals surface area contributed by atoms with Crippen molar-refractivity contribution < 1.29 is 19.2 Å². The van der Waals surface area contributed by atoms with Crippen molar-refractivity contribution in [3.05, 3.63) is 86.9 Å². The van der Waals surface area contributed by atoms with Gasteiger partial charge in [0.05, 0.1) is 17.2 Å². The fourth-order valence-electron chi connectivity index (χ4n) is 3.46. The molecule has 0 unspecified atom stereocenters. The lowest BCUT2D eigenvalue weighted by Gasteiger charge is -2.25. The van der Waals surface area contributed by atoms with Gasteiger partial charge < -0.3 is 4.74 Å². The van der Waals surface area contributed by atoms with Crippen LogP contribution in [0.4, 0.5) is 10.8 Å². The Morgan fingerprint density at radius 3 is 2.38 bits per heavy atom. The van der Waals surface area contributed by atoms with Gasteiger partial charge in [0.25, 0.3) is 5.69 Å². The highest BCUT2D eigenvalue weighted by Gasteiger charge is 2.34. The molecule has 0 radical (unpaired) electrons. The van der Waals surface area contributed by atoms with Crippen molar-refractivity contribution in [1.82, 2.24) is 4.98 Å². The summed E-state index contributed by atoms with van der Waals surface area (Å²) in [5, 5.41) is 13.3. The van der Waals surface area contributed by atoms with Gasteiger partial charge in [-0.25, -0.2) is 4.98 Å². The molecule has 1 aromatic heterocycles. The summed E-state index contributed by atoms with van der Waals surface area (Å²) >= 11 is 1.35. The van der Waals surface area contributed by atoms with Gasteiger partial charge in [0.15, 0.2) is 5.13 Å². The number of benzene rings is 2. The van der Waals surface area contributed by atoms with Crippen molar-refractivity contribution in [2.75, 3.05) is 18.1 Å². The maximum atomic E-state index is 13.7. The Morgan fingerprint density at radius 2 is 1.79 bits per heavy atom. The summed E-state index contributed by atoms with van der Waals surface area (Å²) < 4.78 is 5.24. The number of amides is 1. The lowest BCUT2D eigenvalue weighted by molar-refractivity contribution is -0.384. The zero-order valence-corrected chi connectivity index (χ0v) is 20.0. The zero-order valence-electron chi connectivity index (χ0n) is 19.2. The van der Waals surface area contributed by atoms with Gasteiger partial charge in [-0.2, -0.15) is 0 Å². The van der Waals surface area contributed by atoms with Gasteiger partial charge in [-0.05, 0) is 37.3 Å². The first-order valence-electron chi connectivity index (χ1n) is 11.1. The number of nitro groups is 1. The minimum Gasteiger partial charge on any atom is -0.465 e. The third-order valence-corrected chi connectivity index (χ3v) is 6.23. The number of nitrogens with zero attached hydrogens (tertiary/aromatic N) is 3. The maximum absolute atomic E-state index is 13.7. The van der Waals surface area contributed by atoms with Crippen LogP contribution in [0, 0.1) is 16.0 Å². The third-order valence-electron chi connectivity index (χ3n) is 5.32. The van der Waals surface area contributed by atoms with E-state index < -0.39 is 16.8 Å². The highest BCUT2D eigenvalue weighted by Crippen LogP contribution is 2.25. The van der Waals surface area contributed by atoms with Gasteiger partial charge in [0.2, 0.25) is 5.91 Å². The summed E-state index contributed by atoms with van der Waals surface area (Å²) in [4.78, 5) is 43.1. The Kier molecular flexibility index (Phi) is 8.86. The van der Waals surface area contributed by atoms with E-state index in [-0.39, 0.29) is 31.2 Å². The third kappa shape index (κ3) is 6.48. The number of non-ortho nitro benzene ring substituents is 1. The summed E-state index contributed by atoms with van der Waals surface area (Å²) in [6.45, 7) is 4.15. The van der Waals surface area contributed by atoms with Crippen LogP contribution in [0.2, 0.25) is 0 Å². The number of thiazole rings is 1. The summed E-state index contributed by atoms with van der Waals surface area (Å²) in [6, 6.07) is 15.6. The van der Waals surface area contributed by atoms with Crippen LogP contribution in [0.3, 0.4) is 0 Å². The van der Waals surface area contributed by atoms with Gasteiger partial charge in [0, 0.05) is 24.1 Å².